The Balaban J connectivity index is 2.27. The number of carbonyl (C=O) groups is 2. The lowest BCUT2D eigenvalue weighted by molar-refractivity contribution is -0.134. The molecular formula is C10H12N4O5. The van der Waals surface area contributed by atoms with Crippen LogP contribution in [0.5, 0.6) is 0 Å². The van der Waals surface area contributed by atoms with Crippen molar-refractivity contribution in [2.24, 2.45) is 11.0 Å². The van der Waals surface area contributed by atoms with Crippen molar-refractivity contribution in [1.29, 1.82) is 0 Å². The minimum absolute atomic E-state index is 0.466. The number of hydrogen-bond acceptors (Lipinski definition) is 6. The van der Waals surface area contributed by atoms with Crippen molar-refractivity contribution in [2.45, 2.75) is 24.4 Å². The molecule has 0 saturated carbocycles. The summed E-state index contributed by atoms with van der Waals surface area (Å²) in [6.07, 6.45) is -0.559. The summed E-state index contributed by atoms with van der Waals surface area (Å²) in [5.41, 5.74) is 8.48. The number of azide groups is 1. The second-order valence-electron chi connectivity index (χ2n) is 4.25. The van der Waals surface area contributed by atoms with Crippen LogP contribution >= 0.6 is 0 Å². The highest BCUT2D eigenvalue weighted by Crippen LogP contribution is 2.30. The van der Waals surface area contributed by atoms with Gasteiger partial charge in [0.05, 0.1) is 30.8 Å². The molecule has 2 aliphatic rings. The smallest absolute Gasteiger partial charge is 0.250 e. The van der Waals surface area contributed by atoms with Gasteiger partial charge in [-0.1, -0.05) is 11.2 Å². The fourth-order valence-corrected chi connectivity index (χ4v) is 2.20. The average molecular weight is 268 g/mol. The summed E-state index contributed by atoms with van der Waals surface area (Å²) in [7, 11) is 0. The van der Waals surface area contributed by atoms with Gasteiger partial charge in [0.15, 0.2) is 0 Å². The molecule has 0 aromatic carbocycles. The van der Waals surface area contributed by atoms with E-state index in [2.05, 4.69) is 15.3 Å². The number of hydrogen-bond donors (Lipinski definition) is 3. The van der Waals surface area contributed by atoms with Crippen LogP contribution in [-0.2, 0) is 14.3 Å². The van der Waals surface area contributed by atoms with E-state index in [0.29, 0.717) is 0 Å². The average Bonchev–Trinajstić information content (AvgIpc) is 2.68. The minimum atomic E-state index is -1.20. The largest absolute Gasteiger partial charge is 0.394 e. The monoisotopic (exact) mass is 268 g/mol. The predicted octanol–water partition coefficient (Wildman–Crippen LogP) is -1.39. The summed E-state index contributed by atoms with van der Waals surface area (Å²) in [6.45, 7) is -0.466. The lowest BCUT2D eigenvalue weighted by Gasteiger charge is -2.24. The number of rotatable bonds is 3. The van der Waals surface area contributed by atoms with E-state index in [1.807, 2.05) is 0 Å². The van der Waals surface area contributed by atoms with Crippen molar-refractivity contribution in [1.82, 2.24) is 5.32 Å². The van der Waals surface area contributed by atoms with Crippen LogP contribution < -0.4 is 5.32 Å². The summed E-state index contributed by atoms with van der Waals surface area (Å²) in [6, 6.07) is -1.00. The van der Waals surface area contributed by atoms with Gasteiger partial charge in [-0.2, -0.15) is 0 Å². The molecule has 19 heavy (non-hydrogen) atoms. The number of aliphatic hydroxyl groups is 2. The molecule has 0 bridgehead atoms. The van der Waals surface area contributed by atoms with Crippen LogP contribution in [0.3, 0.4) is 0 Å². The molecule has 1 unspecified atom stereocenters. The van der Waals surface area contributed by atoms with Crippen molar-refractivity contribution < 1.29 is 24.5 Å². The van der Waals surface area contributed by atoms with E-state index in [0.717, 1.165) is 0 Å². The number of carbonyl (C=O) groups excluding carboxylic acids is 2. The molecule has 9 heteroatoms. The van der Waals surface area contributed by atoms with E-state index in [4.69, 9.17) is 15.4 Å². The molecule has 2 heterocycles. The molecule has 0 spiro atoms. The van der Waals surface area contributed by atoms with Gasteiger partial charge in [-0.25, -0.2) is 0 Å². The summed E-state index contributed by atoms with van der Waals surface area (Å²) in [5, 5.41) is 24.4. The molecule has 2 rings (SSSR count). The van der Waals surface area contributed by atoms with Crippen molar-refractivity contribution >= 4 is 11.8 Å². The maximum atomic E-state index is 11.7. The Morgan fingerprint density at radius 3 is 2.84 bits per heavy atom. The maximum absolute atomic E-state index is 11.7. The van der Waals surface area contributed by atoms with Gasteiger partial charge in [0, 0.05) is 11.0 Å². The molecule has 1 saturated heterocycles. The normalized spacial score (nSPS) is 37.9. The van der Waals surface area contributed by atoms with Crippen LogP contribution in [0.4, 0.5) is 0 Å². The van der Waals surface area contributed by atoms with Gasteiger partial charge in [0.25, 0.3) is 0 Å². The SMILES string of the molecule is [N-]=[N+]=N[C@@H]1[C@H](O)[C@@H](CO)O[C@H]1C1C=CC(=O)NC1=O. The van der Waals surface area contributed by atoms with Gasteiger partial charge in [-0.3, -0.25) is 14.9 Å². The Morgan fingerprint density at radius 2 is 2.26 bits per heavy atom. The van der Waals surface area contributed by atoms with E-state index in [1.165, 1.54) is 12.2 Å². The van der Waals surface area contributed by atoms with Crippen molar-refractivity contribution in [3.63, 3.8) is 0 Å². The van der Waals surface area contributed by atoms with E-state index in [1.54, 1.807) is 0 Å². The highest BCUT2D eigenvalue weighted by Gasteiger charge is 2.48. The minimum Gasteiger partial charge on any atom is -0.394 e. The molecule has 0 aliphatic carbocycles. The lowest BCUT2D eigenvalue weighted by Crippen LogP contribution is -2.45. The van der Waals surface area contributed by atoms with Crippen LogP contribution in [0.15, 0.2) is 17.3 Å². The molecule has 0 aromatic heterocycles. The van der Waals surface area contributed by atoms with Gasteiger partial charge in [0.2, 0.25) is 11.8 Å². The summed E-state index contributed by atoms with van der Waals surface area (Å²) >= 11 is 0. The van der Waals surface area contributed by atoms with E-state index in [9.17, 15) is 14.7 Å². The Kier molecular flexibility index (Phi) is 3.82. The standard InChI is InChI=1S/C10H12N4O5/c11-14-13-7-8(17)5(3-15)19-9(7)4-1-2-6(16)12-10(4)18/h1-2,4-5,7-9,15,17H,3H2,(H,12,16,18)/t4?,5-,7-,8-,9+/m1/s1. The fraction of sp³-hybridized carbons (Fsp3) is 0.600. The third-order valence-corrected chi connectivity index (χ3v) is 3.12. The first-order valence-corrected chi connectivity index (χ1v) is 5.60. The quantitative estimate of drug-likeness (QED) is 0.250. The molecule has 5 atom stereocenters. The number of nitrogens with zero attached hydrogens (tertiary/aromatic N) is 3. The van der Waals surface area contributed by atoms with Gasteiger partial charge in [-0.15, -0.1) is 0 Å². The number of aliphatic hydroxyl groups excluding tert-OH is 2. The van der Waals surface area contributed by atoms with Crippen molar-refractivity contribution in [3.05, 3.63) is 22.6 Å². The number of nitrogens with one attached hydrogen (secondary N) is 1. The van der Waals surface area contributed by atoms with Crippen molar-refractivity contribution in [2.75, 3.05) is 6.61 Å². The number of amides is 2. The molecule has 2 amide bonds. The molecule has 3 N–H and O–H groups in total. The zero-order chi connectivity index (χ0) is 14.0. The summed E-state index contributed by atoms with van der Waals surface area (Å²) < 4.78 is 5.34. The maximum Gasteiger partial charge on any atom is 0.250 e. The Labute approximate surface area is 107 Å². The second kappa shape index (κ2) is 5.37. The Hall–Kier alpha value is -1.93. The second-order valence-corrected chi connectivity index (χ2v) is 4.25. The molecule has 102 valence electrons. The van der Waals surface area contributed by atoms with Gasteiger partial charge in [-0.05, 0) is 5.53 Å². The Morgan fingerprint density at radius 1 is 1.53 bits per heavy atom. The molecule has 0 aromatic rings. The number of imide groups is 1. The topological polar surface area (TPSA) is 145 Å². The third-order valence-electron chi connectivity index (χ3n) is 3.12. The van der Waals surface area contributed by atoms with E-state index < -0.39 is 48.7 Å². The number of ether oxygens (including phenoxy) is 1. The van der Waals surface area contributed by atoms with E-state index in [-0.39, 0.29) is 0 Å². The first-order chi connectivity index (χ1) is 9.08. The zero-order valence-electron chi connectivity index (χ0n) is 9.71. The molecule has 9 nitrogen and oxygen atoms in total. The highest BCUT2D eigenvalue weighted by atomic mass is 16.5. The lowest BCUT2D eigenvalue weighted by atomic mass is 9.92. The molecule has 0 radical (unpaired) electrons. The highest BCUT2D eigenvalue weighted by molar-refractivity contribution is 6.05. The predicted molar refractivity (Wildman–Crippen MR) is 60.5 cm³/mol. The van der Waals surface area contributed by atoms with Crippen LogP contribution in [0, 0.1) is 5.92 Å². The van der Waals surface area contributed by atoms with Gasteiger partial charge in [0.1, 0.15) is 6.10 Å². The summed E-state index contributed by atoms with van der Waals surface area (Å²) in [4.78, 5) is 25.3. The van der Waals surface area contributed by atoms with E-state index >= 15 is 0 Å². The third kappa shape index (κ3) is 2.45. The summed E-state index contributed by atoms with van der Waals surface area (Å²) in [5.74, 6) is -2.00. The first-order valence-electron chi connectivity index (χ1n) is 5.60. The molecule has 2 aliphatic heterocycles. The molecular weight excluding hydrogens is 256 g/mol. The van der Waals surface area contributed by atoms with Gasteiger partial charge >= 0.3 is 0 Å². The fourth-order valence-electron chi connectivity index (χ4n) is 2.20. The van der Waals surface area contributed by atoms with Crippen LogP contribution in [-0.4, -0.2) is 53.0 Å². The zero-order valence-corrected chi connectivity index (χ0v) is 9.71. The van der Waals surface area contributed by atoms with Crippen LogP contribution in [0.2, 0.25) is 0 Å². The van der Waals surface area contributed by atoms with Crippen LogP contribution in [0.25, 0.3) is 10.4 Å². The Bertz CT molecular complexity index is 473. The van der Waals surface area contributed by atoms with Crippen molar-refractivity contribution in [3.8, 4) is 0 Å². The van der Waals surface area contributed by atoms with Crippen LogP contribution in [0.1, 0.15) is 0 Å². The molecule has 1 fully saturated rings. The van der Waals surface area contributed by atoms with Gasteiger partial charge < -0.3 is 14.9 Å². The first kappa shape index (κ1) is 13.5.